The van der Waals surface area contributed by atoms with Crippen LogP contribution in [0.1, 0.15) is 0 Å². The molecule has 8 heteroatoms. The van der Waals surface area contributed by atoms with Gasteiger partial charge in [0.15, 0.2) is 0 Å². The second-order valence-corrected chi connectivity index (χ2v) is 1.60. The number of carbonyl (C=O) groups excluding carboxylic acids is 2. The minimum atomic E-state index is -0.958. The fourth-order valence-corrected chi connectivity index (χ4v) is 0.350. The first-order valence-corrected chi connectivity index (χ1v) is 3.08. The zero-order valence-electron chi connectivity index (χ0n) is 6.68. The average Bonchev–Trinajstić information content (AvgIpc) is 2.20. The van der Waals surface area contributed by atoms with E-state index < -0.39 is 11.9 Å². The van der Waals surface area contributed by atoms with Gasteiger partial charge in [-0.25, -0.2) is 9.59 Å². The molecule has 0 aromatic rings. The number of nitriles is 2. The van der Waals surface area contributed by atoms with Crippen LogP contribution in [0.15, 0.2) is 12.2 Å². The van der Waals surface area contributed by atoms with E-state index >= 15 is 0 Å². The lowest BCUT2D eigenvalue weighted by molar-refractivity contribution is -0.145. The Balaban J connectivity index is 3.82. The molecule has 0 aliphatic carbocycles. The van der Waals surface area contributed by atoms with Gasteiger partial charge < -0.3 is 9.68 Å². The number of hydroxylamine groups is 2. The summed E-state index contributed by atoms with van der Waals surface area (Å²) in [6.07, 6.45) is 4.07. The van der Waals surface area contributed by atoms with Gasteiger partial charge in [-0.1, -0.05) is 0 Å². The summed E-state index contributed by atoms with van der Waals surface area (Å²) < 4.78 is 0. The van der Waals surface area contributed by atoms with E-state index in [1.54, 1.807) is 11.0 Å². The summed E-state index contributed by atoms with van der Waals surface area (Å²) >= 11 is 0. The van der Waals surface area contributed by atoms with Gasteiger partial charge >= 0.3 is 11.9 Å². The van der Waals surface area contributed by atoms with Gasteiger partial charge in [0.2, 0.25) is 12.4 Å². The quantitative estimate of drug-likeness (QED) is 0.243. The van der Waals surface area contributed by atoms with Crippen molar-refractivity contribution in [2.45, 2.75) is 0 Å². The fraction of sp³-hybridized carbons (Fsp3) is 0. The van der Waals surface area contributed by atoms with Gasteiger partial charge in [-0.05, 0) is 0 Å². The number of carbonyl (C=O) groups is 2. The second-order valence-electron chi connectivity index (χ2n) is 1.60. The highest BCUT2D eigenvalue weighted by molar-refractivity contribution is 5.91. The maximum Gasteiger partial charge on any atom is 0.356 e. The lowest BCUT2D eigenvalue weighted by Crippen LogP contribution is -2.15. The second kappa shape index (κ2) is 6.94. The van der Waals surface area contributed by atoms with Gasteiger partial charge in [0, 0.05) is 12.2 Å². The normalized spacial score (nSPS) is 8.14. The van der Waals surface area contributed by atoms with Crippen LogP contribution in [0, 0.1) is 22.9 Å². The molecule has 8 nitrogen and oxygen atoms in total. The Morgan fingerprint density at radius 3 is 1.64 bits per heavy atom. The highest BCUT2D eigenvalue weighted by Crippen LogP contribution is 1.80. The molecule has 0 radical (unpaired) electrons. The van der Waals surface area contributed by atoms with E-state index in [1.807, 2.05) is 0 Å². The topological polar surface area (TPSA) is 124 Å². The number of hydrogen-bond donors (Lipinski definition) is 2. The SMILES string of the molecule is N#CNOC(=O)/C=C/C(=O)ONC#N. The molecule has 72 valence electrons. The van der Waals surface area contributed by atoms with Crippen LogP contribution in [-0.2, 0) is 19.3 Å². The van der Waals surface area contributed by atoms with Crippen LogP contribution in [0.25, 0.3) is 0 Å². The van der Waals surface area contributed by atoms with Gasteiger partial charge in [-0.15, -0.1) is 0 Å². The molecular weight excluding hydrogens is 192 g/mol. The maximum atomic E-state index is 10.6. The third-order valence-electron chi connectivity index (χ3n) is 0.750. The Labute approximate surface area is 78.2 Å². The van der Waals surface area contributed by atoms with Crippen LogP contribution >= 0.6 is 0 Å². The van der Waals surface area contributed by atoms with Crippen molar-refractivity contribution in [2.75, 3.05) is 0 Å². The lowest BCUT2D eigenvalue weighted by Gasteiger charge is -1.94. The van der Waals surface area contributed by atoms with E-state index in [4.69, 9.17) is 10.5 Å². The van der Waals surface area contributed by atoms with Gasteiger partial charge in [0.05, 0.1) is 0 Å². The van der Waals surface area contributed by atoms with Crippen molar-refractivity contribution >= 4 is 11.9 Å². The Bertz CT molecular complexity index is 292. The van der Waals surface area contributed by atoms with Gasteiger partial charge in [0.25, 0.3) is 0 Å². The van der Waals surface area contributed by atoms with Crippen molar-refractivity contribution in [1.29, 1.82) is 10.5 Å². The van der Waals surface area contributed by atoms with Crippen molar-refractivity contribution in [1.82, 2.24) is 11.0 Å². The first kappa shape index (κ1) is 11.3. The predicted molar refractivity (Wildman–Crippen MR) is 38.8 cm³/mol. The van der Waals surface area contributed by atoms with Crippen molar-refractivity contribution in [2.24, 2.45) is 0 Å². The van der Waals surface area contributed by atoms with Crippen LogP contribution in [0.4, 0.5) is 0 Å². The molecule has 2 N–H and O–H groups in total. The number of nitrogens with zero attached hydrogens (tertiary/aromatic N) is 2. The standard InChI is InChI=1S/C6H4N4O4/c7-3-9-13-5(11)1-2-6(12)14-10-4-8/h1-2,9-10H/b2-1+. The molecule has 0 fully saturated rings. The molecule has 0 saturated heterocycles. The Morgan fingerprint density at radius 1 is 1.00 bits per heavy atom. The monoisotopic (exact) mass is 196 g/mol. The maximum absolute atomic E-state index is 10.6. The molecule has 0 aliphatic heterocycles. The van der Waals surface area contributed by atoms with Crippen molar-refractivity contribution in [3.63, 3.8) is 0 Å². The molecule has 0 aromatic heterocycles. The first-order chi connectivity index (χ1) is 6.70. The van der Waals surface area contributed by atoms with Crippen LogP contribution < -0.4 is 11.0 Å². The lowest BCUT2D eigenvalue weighted by atomic mass is 10.5. The highest BCUT2D eigenvalue weighted by atomic mass is 16.7. The summed E-state index contributed by atoms with van der Waals surface area (Å²) in [4.78, 5) is 29.2. The summed E-state index contributed by atoms with van der Waals surface area (Å²) in [7, 11) is 0. The molecule has 0 atom stereocenters. The van der Waals surface area contributed by atoms with Crippen LogP contribution in [0.2, 0.25) is 0 Å². The van der Waals surface area contributed by atoms with E-state index in [1.165, 1.54) is 12.4 Å². The third-order valence-corrected chi connectivity index (χ3v) is 0.750. The smallest absolute Gasteiger partial charge is 0.329 e. The molecule has 0 aliphatic rings. The molecule has 0 rings (SSSR count). The summed E-state index contributed by atoms with van der Waals surface area (Å²) in [6, 6.07) is 0. The highest BCUT2D eigenvalue weighted by Gasteiger charge is 1.99. The Morgan fingerprint density at radius 2 is 1.36 bits per heavy atom. The Hall–Kier alpha value is -2.74. The van der Waals surface area contributed by atoms with E-state index in [2.05, 4.69) is 9.68 Å². The van der Waals surface area contributed by atoms with E-state index in [0.717, 1.165) is 0 Å². The largest absolute Gasteiger partial charge is 0.356 e. The predicted octanol–water partition coefficient (Wildman–Crippen LogP) is -1.40. The van der Waals surface area contributed by atoms with Gasteiger partial charge in [0.1, 0.15) is 0 Å². The minimum absolute atomic E-state index is 0.714. The Kier molecular flexibility index (Phi) is 5.58. The zero-order valence-corrected chi connectivity index (χ0v) is 6.68. The molecule has 0 saturated carbocycles. The molecular formula is C6H4N4O4. The zero-order chi connectivity index (χ0) is 10.8. The number of nitrogens with one attached hydrogen (secondary N) is 2. The molecule has 0 bridgehead atoms. The van der Waals surface area contributed by atoms with Crippen molar-refractivity contribution < 1.29 is 19.3 Å². The first-order valence-electron chi connectivity index (χ1n) is 3.08. The van der Waals surface area contributed by atoms with Crippen molar-refractivity contribution in [3.8, 4) is 12.4 Å². The molecule has 0 unspecified atom stereocenters. The van der Waals surface area contributed by atoms with E-state index in [0.29, 0.717) is 12.2 Å². The summed E-state index contributed by atoms with van der Waals surface area (Å²) in [5.41, 5.74) is 3.20. The molecule has 14 heavy (non-hydrogen) atoms. The summed E-state index contributed by atoms with van der Waals surface area (Å²) in [5, 5.41) is 15.8. The summed E-state index contributed by atoms with van der Waals surface area (Å²) in [5.74, 6) is -1.92. The van der Waals surface area contributed by atoms with E-state index in [-0.39, 0.29) is 0 Å². The van der Waals surface area contributed by atoms with Crippen LogP contribution in [0.5, 0.6) is 0 Å². The summed E-state index contributed by atoms with van der Waals surface area (Å²) in [6.45, 7) is 0. The molecule has 0 amide bonds. The van der Waals surface area contributed by atoms with Gasteiger partial charge in [-0.2, -0.15) is 21.5 Å². The molecule has 0 aromatic carbocycles. The number of rotatable bonds is 4. The third kappa shape index (κ3) is 6.00. The van der Waals surface area contributed by atoms with Gasteiger partial charge in [-0.3, -0.25) is 0 Å². The van der Waals surface area contributed by atoms with Crippen molar-refractivity contribution in [3.05, 3.63) is 12.2 Å². The van der Waals surface area contributed by atoms with Crippen LogP contribution in [-0.4, -0.2) is 11.9 Å². The average molecular weight is 196 g/mol. The minimum Gasteiger partial charge on any atom is -0.329 e. The van der Waals surface area contributed by atoms with E-state index in [9.17, 15) is 9.59 Å². The fourth-order valence-electron chi connectivity index (χ4n) is 0.350. The van der Waals surface area contributed by atoms with Crippen LogP contribution in [0.3, 0.4) is 0 Å². The molecule has 0 heterocycles. The number of hydrogen-bond acceptors (Lipinski definition) is 8. The molecule has 0 spiro atoms.